The van der Waals surface area contributed by atoms with Crippen LogP contribution in [0.15, 0.2) is 18.6 Å². The highest BCUT2D eigenvalue weighted by Crippen LogP contribution is 2.25. The number of anilines is 1. The smallest absolute Gasteiger partial charge is 0.203 e. The predicted octanol–water partition coefficient (Wildman–Crippen LogP) is 3.33. The minimum Gasteiger partial charge on any atom is -0.356 e. The second-order valence-electron chi connectivity index (χ2n) is 4.28. The lowest BCUT2D eigenvalue weighted by atomic mass is 10.3. The van der Waals surface area contributed by atoms with Crippen LogP contribution in [0.25, 0.3) is 0 Å². The van der Waals surface area contributed by atoms with Gasteiger partial charge in [-0.15, -0.1) is 11.3 Å². The van der Waals surface area contributed by atoms with Crippen molar-refractivity contribution < 1.29 is 0 Å². The average Bonchev–Trinajstić information content (AvgIpc) is 3.04. The monoisotopic (exact) mass is 264 g/mol. The summed E-state index contributed by atoms with van der Waals surface area (Å²) in [6.45, 7) is 7.42. The number of aromatic nitrogens is 3. The Morgan fingerprint density at radius 3 is 2.89 bits per heavy atom. The van der Waals surface area contributed by atoms with Crippen LogP contribution in [-0.4, -0.2) is 21.1 Å². The van der Waals surface area contributed by atoms with E-state index in [0.29, 0.717) is 0 Å². The SMILES string of the molecule is CCCNc1nccn1C(C)c1ncc(CC)s1. The van der Waals surface area contributed by atoms with Gasteiger partial charge >= 0.3 is 0 Å². The molecule has 0 saturated carbocycles. The molecule has 18 heavy (non-hydrogen) atoms. The molecule has 0 amide bonds. The second-order valence-corrected chi connectivity index (χ2v) is 5.43. The Morgan fingerprint density at radius 1 is 1.39 bits per heavy atom. The van der Waals surface area contributed by atoms with Crippen LogP contribution in [0.2, 0.25) is 0 Å². The van der Waals surface area contributed by atoms with Gasteiger partial charge in [-0.3, -0.25) is 0 Å². The number of imidazole rings is 1. The van der Waals surface area contributed by atoms with Crippen LogP contribution in [0, 0.1) is 0 Å². The van der Waals surface area contributed by atoms with E-state index in [2.05, 4.69) is 40.6 Å². The zero-order valence-electron chi connectivity index (χ0n) is 11.2. The summed E-state index contributed by atoms with van der Waals surface area (Å²) in [5.74, 6) is 0.928. The van der Waals surface area contributed by atoms with Crippen molar-refractivity contribution in [3.8, 4) is 0 Å². The minimum absolute atomic E-state index is 0.233. The maximum atomic E-state index is 4.51. The largest absolute Gasteiger partial charge is 0.356 e. The molecular weight excluding hydrogens is 244 g/mol. The van der Waals surface area contributed by atoms with Crippen molar-refractivity contribution in [3.05, 3.63) is 28.5 Å². The van der Waals surface area contributed by atoms with E-state index in [-0.39, 0.29) is 6.04 Å². The summed E-state index contributed by atoms with van der Waals surface area (Å²) in [7, 11) is 0. The van der Waals surface area contributed by atoms with E-state index in [0.717, 1.165) is 30.3 Å². The molecule has 0 aliphatic carbocycles. The van der Waals surface area contributed by atoms with Crippen molar-refractivity contribution in [1.82, 2.24) is 14.5 Å². The molecule has 5 heteroatoms. The van der Waals surface area contributed by atoms with Crippen LogP contribution in [0.3, 0.4) is 0 Å². The average molecular weight is 264 g/mol. The highest BCUT2D eigenvalue weighted by atomic mass is 32.1. The lowest BCUT2D eigenvalue weighted by Gasteiger charge is -2.14. The standard InChI is InChI=1S/C13H20N4S/c1-4-6-14-13-15-7-8-17(13)10(3)12-16-9-11(5-2)18-12/h7-10H,4-6H2,1-3H3,(H,14,15). The van der Waals surface area contributed by atoms with Crippen molar-refractivity contribution in [1.29, 1.82) is 0 Å². The molecule has 2 aromatic rings. The summed E-state index contributed by atoms with van der Waals surface area (Å²) in [6, 6.07) is 0.233. The van der Waals surface area contributed by atoms with Crippen molar-refractivity contribution in [3.63, 3.8) is 0 Å². The molecule has 0 aromatic carbocycles. The summed E-state index contributed by atoms with van der Waals surface area (Å²) in [5, 5.41) is 4.49. The van der Waals surface area contributed by atoms with Gasteiger partial charge in [-0.1, -0.05) is 13.8 Å². The normalized spacial score (nSPS) is 12.6. The molecule has 2 aromatic heterocycles. The number of rotatable bonds is 6. The van der Waals surface area contributed by atoms with Gasteiger partial charge in [-0.25, -0.2) is 9.97 Å². The first-order valence-electron chi connectivity index (χ1n) is 6.47. The fraction of sp³-hybridized carbons (Fsp3) is 0.538. The van der Waals surface area contributed by atoms with Gasteiger partial charge in [0.2, 0.25) is 5.95 Å². The summed E-state index contributed by atoms with van der Waals surface area (Å²) < 4.78 is 2.15. The lowest BCUT2D eigenvalue weighted by Crippen LogP contribution is -2.12. The van der Waals surface area contributed by atoms with Gasteiger partial charge in [0, 0.05) is 30.0 Å². The molecule has 2 heterocycles. The van der Waals surface area contributed by atoms with E-state index in [1.165, 1.54) is 4.88 Å². The van der Waals surface area contributed by atoms with E-state index in [4.69, 9.17) is 0 Å². The topological polar surface area (TPSA) is 42.7 Å². The number of hydrogen-bond acceptors (Lipinski definition) is 4. The molecular formula is C13H20N4S. The van der Waals surface area contributed by atoms with E-state index < -0.39 is 0 Å². The zero-order chi connectivity index (χ0) is 13.0. The van der Waals surface area contributed by atoms with Gasteiger partial charge < -0.3 is 9.88 Å². The number of hydrogen-bond donors (Lipinski definition) is 1. The molecule has 98 valence electrons. The van der Waals surface area contributed by atoms with Crippen LogP contribution in [0.1, 0.15) is 43.1 Å². The van der Waals surface area contributed by atoms with Crippen LogP contribution in [0.5, 0.6) is 0 Å². The minimum atomic E-state index is 0.233. The van der Waals surface area contributed by atoms with Crippen molar-refractivity contribution in [2.24, 2.45) is 0 Å². The number of nitrogens with one attached hydrogen (secondary N) is 1. The van der Waals surface area contributed by atoms with Gasteiger partial charge in [-0.2, -0.15) is 0 Å². The Morgan fingerprint density at radius 2 is 2.22 bits per heavy atom. The maximum absolute atomic E-state index is 4.51. The van der Waals surface area contributed by atoms with E-state index >= 15 is 0 Å². The molecule has 0 bridgehead atoms. The lowest BCUT2D eigenvalue weighted by molar-refractivity contribution is 0.638. The Bertz CT molecular complexity index is 489. The molecule has 1 N–H and O–H groups in total. The van der Waals surface area contributed by atoms with E-state index in [1.54, 1.807) is 11.3 Å². The summed E-state index contributed by atoms with van der Waals surface area (Å²) in [4.78, 5) is 10.2. The third-order valence-electron chi connectivity index (χ3n) is 2.90. The molecule has 0 fully saturated rings. The molecule has 0 saturated heterocycles. The first-order valence-corrected chi connectivity index (χ1v) is 7.29. The molecule has 0 radical (unpaired) electrons. The Hall–Kier alpha value is -1.36. The van der Waals surface area contributed by atoms with E-state index in [9.17, 15) is 0 Å². The fourth-order valence-corrected chi connectivity index (χ4v) is 2.71. The number of aryl methyl sites for hydroxylation is 1. The molecule has 0 aliphatic rings. The summed E-state index contributed by atoms with van der Waals surface area (Å²) in [6.07, 6.45) is 7.97. The van der Waals surface area contributed by atoms with E-state index in [1.807, 2.05) is 18.6 Å². The highest BCUT2D eigenvalue weighted by molar-refractivity contribution is 7.11. The van der Waals surface area contributed by atoms with Gasteiger partial charge in [0.15, 0.2) is 0 Å². The summed E-state index contributed by atoms with van der Waals surface area (Å²) in [5.41, 5.74) is 0. The highest BCUT2D eigenvalue weighted by Gasteiger charge is 2.14. The fourth-order valence-electron chi connectivity index (χ4n) is 1.80. The third kappa shape index (κ3) is 2.72. The second kappa shape index (κ2) is 6.00. The molecule has 0 aliphatic heterocycles. The molecule has 0 spiro atoms. The van der Waals surface area contributed by atoms with Crippen LogP contribution >= 0.6 is 11.3 Å². The number of thiazole rings is 1. The van der Waals surface area contributed by atoms with Crippen molar-refractivity contribution in [2.75, 3.05) is 11.9 Å². The molecule has 4 nitrogen and oxygen atoms in total. The Balaban J connectivity index is 2.17. The maximum Gasteiger partial charge on any atom is 0.203 e. The molecule has 1 atom stereocenters. The third-order valence-corrected chi connectivity index (χ3v) is 4.21. The Labute approximate surface area is 112 Å². The van der Waals surface area contributed by atoms with Gasteiger partial charge in [0.25, 0.3) is 0 Å². The van der Waals surface area contributed by atoms with Crippen molar-refractivity contribution >= 4 is 17.3 Å². The molecule has 1 unspecified atom stereocenters. The van der Waals surface area contributed by atoms with Crippen LogP contribution < -0.4 is 5.32 Å². The van der Waals surface area contributed by atoms with Crippen LogP contribution in [-0.2, 0) is 6.42 Å². The van der Waals surface area contributed by atoms with Gasteiger partial charge in [0.05, 0.1) is 6.04 Å². The molecule has 2 rings (SSSR count). The first kappa shape index (κ1) is 13.1. The van der Waals surface area contributed by atoms with Gasteiger partial charge in [-0.05, 0) is 19.8 Å². The zero-order valence-corrected chi connectivity index (χ0v) is 12.0. The van der Waals surface area contributed by atoms with Gasteiger partial charge in [0.1, 0.15) is 5.01 Å². The summed E-state index contributed by atoms with van der Waals surface area (Å²) >= 11 is 1.78. The van der Waals surface area contributed by atoms with Crippen molar-refractivity contribution in [2.45, 2.75) is 39.7 Å². The predicted molar refractivity (Wildman–Crippen MR) is 76.3 cm³/mol. The number of nitrogens with zero attached hydrogens (tertiary/aromatic N) is 3. The quantitative estimate of drug-likeness (QED) is 0.870. The van der Waals surface area contributed by atoms with Crippen LogP contribution in [0.4, 0.5) is 5.95 Å². The first-order chi connectivity index (χ1) is 8.76. The Kier molecular flexibility index (Phi) is 4.36.